The molecule has 0 saturated heterocycles. The van der Waals surface area contributed by atoms with Crippen molar-refractivity contribution in [3.63, 3.8) is 0 Å². The largest absolute Gasteiger partial charge is 0.384 e. The molecule has 78 valence electrons. The average molecular weight is 219 g/mol. The minimum atomic E-state index is -0.552. The number of hydrogen-bond donors (Lipinski definition) is 1. The van der Waals surface area contributed by atoms with Crippen LogP contribution in [0.3, 0.4) is 0 Å². The van der Waals surface area contributed by atoms with Gasteiger partial charge in [0.2, 0.25) is 0 Å². The van der Waals surface area contributed by atoms with Gasteiger partial charge < -0.3 is 5.11 Å². The van der Waals surface area contributed by atoms with E-state index in [-0.39, 0.29) is 0 Å². The van der Waals surface area contributed by atoms with Crippen molar-refractivity contribution in [2.24, 2.45) is 0 Å². The van der Waals surface area contributed by atoms with E-state index >= 15 is 0 Å². The number of aryl methyl sites for hydroxylation is 2. The Morgan fingerprint density at radius 3 is 2.67 bits per heavy atom. The lowest BCUT2D eigenvalue weighted by atomic mass is 10.0. The molecule has 2 rings (SSSR count). The van der Waals surface area contributed by atoms with Crippen LogP contribution in [0.4, 0.5) is 0 Å². The molecule has 0 saturated carbocycles. The van der Waals surface area contributed by atoms with Crippen molar-refractivity contribution in [1.29, 1.82) is 0 Å². The molecule has 0 spiro atoms. The van der Waals surface area contributed by atoms with Crippen LogP contribution in [0.1, 0.15) is 28.6 Å². The maximum absolute atomic E-state index is 10.1. The maximum Gasteiger partial charge on any atom is 0.107 e. The van der Waals surface area contributed by atoms with Gasteiger partial charge in [0.1, 0.15) is 6.10 Å². The molecular weight excluding hydrogens is 206 g/mol. The average Bonchev–Trinajstić information content (AvgIpc) is 2.69. The van der Waals surface area contributed by atoms with Crippen LogP contribution in [0.5, 0.6) is 0 Å². The van der Waals surface area contributed by atoms with E-state index in [1.165, 1.54) is 0 Å². The molecule has 2 aromatic heterocycles. The fourth-order valence-electron chi connectivity index (χ4n) is 1.60. The summed E-state index contributed by atoms with van der Waals surface area (Å²) in [6.45, 7) is 3.88. The lowest BCUT2D eigenvalue weighted by Crippen LogP contribution is -2.02. The van der Waals surface area contributed by atoms with Gasteiger partial charge in [0, 0.05) is 17.0 Å². The van der Waals surface area contributed by atoms with E-state index in [1.54, 1.807) is 11.3 Å². The quantitative estimate of drug-likeness (QED) is 0.842. The van der Waals surface area contributed by atoms with E-state index in [0.29, 0.717) is 0 Å². The Morgan fingerprint density at radius 1 is 1.27 bits per heavy atom. The molecule has 1 unspecified atom stereocenters. The van der Waals surface area contributed by atoms with Gasteiger partial charge in [0.25, 0.3) is 0 Å². The zero-order chi connectivity index (χ0) is 10.8. The summed E-state index contributed by atoms with van der Waals surface area (Å²) in [5.41, 5.74) is 3.70. The van der Waals surface area contributed by atoms with Crippen LogP contribution in [0.25, 0.3) is 0 Å². The number of pyridine rings is 1. The molecule has 2 heterocycles. The highest BCUT2D eigenvalue weighted by Gasteiger charge is 2.13. The van der Waals surface area contributed by atoms with Gasteiger partial charge >= 0.3 is 0 Å². The maximum atomic E-state index is 10.1. The van der Waals surface area contributed by atoms with Crippen molar-refractivity contribution < 1.29 is 5.11 Å². The molecule has 2 nitrogen and oxygen atoms in total. The summed E-state index contributed by atoms with van der Waals surface area (Å²) in [5.74, 6) is 0. The van der Waals surface area contributed by atoms with Crippen LogP contribution in [0, 0.1) is 13.8 Å². The van der Waals surface area contributed by atoms with Gasteiger partial charge in [0.05, 0.1) is 0 Å². The first-order valence-corrected chi connectivity index (χ1v) is 5.77. The van der Waals surface area contributed by atoms with E-state index in [0.717, 1.165) is 22.5 Å². The molecule has 0 aromatic carbocycles. The molecule has 0 bridgehead atoms. The predicted octanol–water partition coefficient (Wildman–Crippen LogP) is 2.84. The Balaban J connectivity index is 2.38. The van der Waals surface area contributed by atoms with E-state index in [2.05, 4.69) is 4.98 Å². The Morgan fingerprint density at radius 2 is 2.07 bits per heavy atom. The summed E-state index contributed by atoms with van der Waals surface area (Å²) in [4.78, 5) is 4.35. The van der Waals surface area contributed by atoms with E-state index in [9.17, 15) is 5.11 Å². The molecule has 0 radical (unpaired) electrons. The topological polar surface area (TPSA) is 33.1 Å². The lowest BCUT2D eigenvalue weighted by Gasteiger charge is -2.12. The number of aliphatic hydroxyl groups excluding tert-OH is 1. The monoisotopic (exact) mass is 219 g/mol. The number of nitrogens with zero attached hydrogens (tertiary/aromatic N) is 1. The minimum Gasteiger partial charge on any atom is -0.384 e. The molecule has 3 heteroatoms. The first kappa shape index (κ1) is 10.3. The van der Waals surface area contributed by atoms with Gasteiger partial charge in [-0.25, -0.2) is 0 Å². The van der Waals surface area contributed by atoms with Gasteiger partial charge in [0.15, 0.2) is 0 Å². The van der Waals surface area contributed by atoms with Gasteiger partial charge in [-0.2, -0.15) is 11.3 Å². The summed E-state index contributed by atoms with van der Waals surface area (Å²) in [6.07, 6.45) is -0.552. The van der Waals surface area contributed by atoms with Gasteiger partial charge in [-0.15, -0.1) is 0 Å². The molecule has 0 amide bonds. The number of thiophene rings is 1. The molecule has 0 aliphatic heterocycles. The zero-order valence-electron chi connectivity index (χ0n) is 8.77. The molecule has 1 N–H and O–H groups in total. The van der Waals surface area contributed by atoms with Crippen LogP contribution >= 0.6 is 11.3 Å². The SMILES string of the molecule is Cc1ccc(C(O)c2ccsc2)c(C)n1. The first-order valence-electron chi connectivity index (χ1n) is 4.83. The number of hydrogen-bond acceptors (Lipinski definition) is 3. The van der Waals surface area contributed by atoms with E-state index in [4.69, 9.17) is 0 Å². The Bertz CT molecular complexity index is 451. The lowest BCUT2D eigenvalue weighted by molar-refractivity contribution is 0.219. The molecule has 15 heavy (non-hydrogen) atoms. The third kappa shape index (κ3) is 2.08. The normalized spacial score (nSPS) is 12.7. The van der Waals surface area contributed by atoms with Crippen LogP contribution in [0.15, 0.2) is 29.0 Å². The predicted molar refractivity (Wildman–Crippen MR) is 62.1 cm³/mol. The van der Waals surface area contributed by atoms with Crippen molar-refractivity contribution in [3.8, 4) is 0 Å². The third-order valence-corrected chi connectivity index (χ3v) is 3.12. The van der Waals surface area contributed by atoms with Crippen LogP contribution < -0.4 is 0 Å². The van der Waals surface area contributed by atoms with Crippen molar-refractivity contribution in [2.75, 3.05) is 0 Å². The van der Waals surface area contributed by atoms with Crippen molar-refractivity contribution in [1.82, 2.24) is 4.98 Å². The smallest absolute Gasteiger partial charge is 0.107 e. The second-order valence-electron chi connectivity index (χ2n) is 3.59. The fraction of sp³-hybridized carbons (Fsp3) is 0.250. The number of aliphatic hydroxyl groups is 1. The zero-order valence-corrected chi connectivity index (χ0v) is 9.58. The van der Waals surface area contributed by atoms with Crippen molar-refractivity contribution >= 4 is 11.3 Å². The summed E-state index contributed by atoms with van der Waals surface area (Å²) < 4.78 is 0. The Labute approximate surface area is 93.2 Å². The highest BCUT2D eigenvalue weighted by molar-refractivity contribution is 7.07. The second-order valence-corrected chi connectivity index (χ2v) is 4.37. The Hall–Kier alpha value is -1.19. The molecule has 0 aliphatic carbocycles. The molecule has 2 aromatic rings. The van der Waals surface area contributed by atoms with Gasteiger partial charge in [-0.1, -0.05) is 6.07 Å². The summed E-state index contributed by atoms with van der Waals surface area (Å²) >= 11 is 1.59. The minimum absolute atomic E-state index is 0.552. The van der Waals surface area contributed by atoms with Crippen LogP contribution in [-0.2, 0) is 0 Å². The van der Waals surface area contributed by atoms with Crippen molar-refractivity contribution in [3.05, 3.63) is 51.5 Å². The highest BCUT2D eigenvalue weighted by atomic mass is 32.1. The highest BCUT2D eigenvalue weighted by Crippen LogP contribution is 2.25. The van der Waals surface area contributed by atoms with Crippen molar-refractivity contribution in [2.45, 2.75) is 20.0 Å². The first-order chi connectivity index (χ1) is 7.18. The molecule has 1 atom stereocenters. The number of rotatable bonds is 2. The van der Waals surface area contributed by atoms with E-state index < -0.39 is 6.10 Å². The summed E-state index contributed by atoms with van der Waals surface area (Å²) in [7, 11) is 0. The molecule has 0 aliphatic rings. The third-order valence-electron chi connectivity index (χ3n) is 2.42. The summed E-state index contributed by atoms with van der Waals surface area (Å²) in [6, 6.07) is 5.81. The Kier molecular flexibility index (Phi) is 2.84. The number of aromatic nitrogens is 1. The van der Waals surface area contributed by atoms with Crippen LogP contribution in [0.2, 0.25) is 0 Å². The van der Waals surface area contributed by atoms with E-state index in [1.807, 2.05) is 42.8 Å². The van der Waals surface area contributed by atoms with Gasteiger partial charge in [-0.05, 0) is 42.3 Å². The summed E-state index contributed by atoms with van der Waals surface area (Å²) in [5, 5.41) is 14.0. The second kappa shape index (κ2) is 4.13. The fourth-order valence-corrected chi connectivity index (χ4v) is 2.28. The molecule has 0 fully saturated rings. The van der Waals surface area contributed by atoms with Crippen LogP contribution in [-0.4, -0.2) is 10.1 Å². The van der Waals surface area contributed by atoms with Gasteiger partial charge in [-0.3, -0.25) is 4.98 Å². The standard InChI is InChI=1S/C12H13NOS/c1-8-3-4-11(9(2)13-8)12(14)10-5-6-15-7-10/h3-7,12,14H,1-2H3. The molecular formula is C12H13NOS.